The SMILES string of the molecule is CCC(CO)C1(c2ccc(C(C)C)cc2)COC1. The number of benzene rings is 1. The van der Waals surface area contributed by atoms with Crippen LogP contribution in [0.15, 0.2) is 24.3 Å². The van der Waals surface area contributed by atoms with Crippen LogP contribution in [0.4, 0.5) is 0 Å². The lowest BCUT2D eigenvalue weighted by molar-refractivity contribution is -0.101. The molecule has 18 heavy (non-hydrogen) atoms. The average Bonchev–Trinajstić information content (AvgIpc) is 2.33. The van der Waals surface area contributed by atoms with Crippen LogP contribution in [-0.4, -0.2) is 24.9 Å². The number of hydrogen-bond donors (Lipinski definition) is 1. The molecule has 1 unspecified atom stereocenters. The Morgan fingerprint density at radius 2 is 1.83 bits per heavy atom. The second-order valence-corrected chi connectivity index (χ2v) is 5.71. The molecular weight excluding hydrogens is 224 g/mol. The first kappa shape index (κ1) is 13.6. The first-order valence-corrected chi connectivity index (χ1v) is 6.93. The predicted octanol–water partition coefficient (Wildman–Crippen LogP) is 3.10. The Bertz CT molecular complexity index is 373. The maximum absolute atomic E-state index is 9.58. The molecule has 1 fully saturated rings. The Kier molecular flexibility index (Phi) is 4.08. The fourth-order valence-electron chi connectivity index (χ4n) is 2.85. The van der Waals surface area contributed by atoms with Crippen LogP contribution in [0, 0.1) is 5.92 Å². The van der Waals surface area contributed by atoms with Gasteiger partial charge in [-0.05, 0) is 23.0 Å². The van der Waals surface area contributed by atoms with Crippen molar-refractivity contribution in [2.24, 2.45) is 5.92 Å². The maximum atomic E-state index is 9.58. The molecule has 0 amide bonds. The largest absolute Gasteiger partial charge is 0.396 e. The molecule has 1 aliphatic heterocycles. The summed E-state index contributed by atoms with van der Waals surface area (Å²) in [5.41, 5.74) is 2.73. The summed E-state index contributed by atoms with van der Waals surface area (Å²) >= 11 is 0. The standard InChI is InChI=1S/C16H24O2/c1-4-14(9-17)16(10-18-11-16)15-7-5-13(6-8-15)12(2)3/h5-8,12,14,17H,4,9-11H2,1-3H3. The lowest BCUT2D eigenvalue weighted by Gasteiger charge is -2.47. The Labute approximate surface area is 110 Å². The third-order valence-corrected chi connectivity index (χ3v) is 4.37. The minimum atomic E-state index is 0.0407. The minimum Gasteiger partial charge on any atom is -0.396 e. The normalized spacial score (nSPS) is 19.6. The summed E-state index contributed by atoms with van der Waals surface area (Å²) in [7, 11) is 0. The van der Waals surface area contributed by atoms with Gasteiger partial charge in [-0.15, -0.1) is 0 Å². The maximum Gasteiger partial charge on any atom is 0.0589 e. The van der Waals surface area contributed by atoms with Gasteiger partial charge in [0.1, 0.15) is 0 Å². The Morgan fingerprint density at radius 1 is 1.22 bits per heavy atom. The van der Waals surface area contributed by atoms with E-state index in [1.54, 1.807) is 0 Å². The number of rotatable bonds is 5. The van der Waals surface area contributed by atoms with Gasteiger partial charge in [-0.1, -0.05) is 51.5 Å². The molecule has 1 saturated heterocycles. The van der Waals surface area contributed by atoms with Gasteiger partial charge >= 0.3 is 0 Å². The number of aliphatic hydroxyl groups is 1. The summed E-state index contributed by atoms with van der Waals surface area (Å²) in [6.45, 7) is 8.29. The molecule has 0 aromatic heterocycles. The monoisotopic (exact) mass is 248 g/mol. The topological polar surface area (TPSA) is 29.5 Å². The van der Waals surface area contributed by atoms with E-state index < -0.39 is 0 Å². The van der Waals surface area contributed by atoms with Crippen LogP contribution in [0.3, 0.4) is 0 Å². The number of aliphatic hydroxyl groups excluding tert-OH is 1. The van der Waals surface area contributed by atoms with Crippen molar-refractivity contribution in [3.05, 3.63) is 35.4 Å². The summed E-state index contributed by atoms with van der Waals surface area (Å²) in [4.78, 5) is 0. The van der Waals surface area contributed by atoms with Crippen molar-refractivity contribution in [2.45, 2.75) is 38.5 Å². The third-order valence-electron chi connectivity index (χ3n) is 4.37. The van der Waals surface area contributed by atoms with E-state index in [1.807, 2.05) is 0 Å². The van der Waals surface area contributed by atoms with Crippen molar-refractivity contribution in [2.75, 3.05) is 19.8 Å². The Hall–Kier alpha value is -0.860. The zero-order chi connectivity index (χ0) is 13.2. The van der Waals surface area contributed by atoms with E-state index in [2.05, 4.69) is 45.0 Å². The number of ether oxygens (including phenoxy) is 1. The molecule has 1 aromatic rings. The third kappa shape index (κ3) is 2.19. The molecule has 0 saturated carbocycles. The molecule has 0 aliphatic carbocycles. The van der Waals surface area contributed by atoms with E-state index in [0.29, 0.717) is 11.8 Å². The van der Waals surface area contributed by atoms with Gasteiger partial charge in [0.05, 0.1) is 13.2 Å². The van der Waals surface area contributed by atoms with Gasteiger partial charge in [0.25, 0.3) is 0 Å². The van der Waals surface area contributed by atoms with Crippen molar-refractivity contribution >= 4 is 0 Å². The van der Waals surface area contributed by atoms with E-state index >= 15 is 0 Å². The van der Waals surface area contributed by atoms with Crippen LogP contribution in [-0.2, 0) is 10.2 Å². The Balaban J connectivity index is 2.27. The van der Waals surface area contributed by atoms with Crippen molar-refractivity contribution in [3.63, 3.8) is 0 Å². The first-order chi connectivity index (χ1) is 8.64. The van der Waals surface area contributed by atoms with Crippen LogP contribution < -0.4 is 0 Å². The van der Waals surface area contributed by atoms with Crippen molar-refractivity contribution in [3.8, 4) is 0 Å². The molecule has 100 valence electrons. The second kappa shape index (κ2) is 5.41. The summed E-state index contributed by atoms with van der Waals surface area (Å²) in [6.07, 6.45) is 0.992. The summed E-state index contributed by atoms with van der Waals surface area (Å²) in [5, 5.41) is 9.58. The van der Waals surface area contributed by atoms with Gasteiger partial charge in [0.2, 0.25) is 0 Å². The predicted molar refractivity (Wildman–Crippen MR) is 73.9 cm³/mol. The van der Waals surface area contributed by atoms with Gasteiger partial charge < -0.3 is 9.84 Å². The highest BCUT2D eigenvalue weighted by Crippen LogP contribution is 2.41. The highest BCUT2D eigenvalue weighted by atomic mass is 16.5. The first-order valence-electron chi connectivity index (χ1n) is 6.93. The smallest absolute Gasteiger partial charge is 0.0589 e. The van der Waals surface area contributed by atoms with Gasteiger partial charge in [-0.3, -0.25) is 0 Å². The summed E-state index contributed by atoms with van der Waals surface area (Å²) in [5.74, 6) is 0.864. The van der Waals surface area contributed by atoms with Crippen LogP contribution >= 0.6 is 0 Å². The van der Waals surface area contributed by atoms with Gasteiger partial charge in [0.15, 0.2) is 0 Å². The molecule has 0 spiro atoms. The molecule has 2 nitrogen and oxygen atoms in total. The van der Waals surface area contributed by atoms with Crippen LogP contribution in [0.5, 0.6) is 0 Å². The van der Waals surface area contributed by atoms with Crippen molar-refractivity contribution in [1.82, 2.24) is 0 Å². The molecule has 1 atom stereocenters. The van der Waals surface area contributed by atoms with Gasteiger partial charge in [-0.25, -0.2) is 0 Å². The molecular formula is C16H24O2. The highest BCUT2D eigenvalue weighted by molar-refractivity contribution is 5.33. The van der Waals surface area contributed by atoms with E-state index in [1.165, 1.54) is 11.1 Å². The molecule has 1 aliphatic rings. The second-order valence-electron chi connectivity index (χ2n) is 5.71. The zero-order valence-electron chi connectivity index (χ0n) is 11.6. The molecule has 0 bridgehead atoms. The molecule has 0 radical (unpaired) electrons. The van der Waals surface area contributed by atoms with Gasteiger partial charge in [-0.2, -0.15) is 0 Å². The molecule has 1 heterocycles. The fourth-order valence-corrected chi connectivity index (χ4v) is 2.85. The van der Waals surface area contributed by atoms with Crippen molar-refractivity contribution < 1.29 is 9.84 Å². The van der Waals surface area contributed by atoms with Crippen LogP contribution in [0.1, 0.15) is 44.2 Å². The zero-order valence-corrected chi connectivity index (χ0v) is 11.6. The summed E-state index contributed by atoms with van der Waals surface area (Å²) < 4.78 is 5.44. The van der Waals surface area contributed by atoms with Crippen LogP contribution in [0.25, 0.3) is 0 Å². The van der Waals surface area contributed by atoms with E-state index in [4.69, 9.17) is 4.74 Å². The van der Waals surface area contributed by atoms with E-state index in [-0.39, 0.29) is 12.0 Å². The van der Waals surface area contributed by atoms with E-state index in [9.17, 15) is 5.11 Å². The van der Waals surface area contributed by atoms with E-state index in [0.717, 1.165) is 19.6 Å². The lowest BCUT2D eigenvalue weighted by Crippen LogP contribution is -2.53. The quantitative estimate of drug-likeness (QED) is 0.867. The lowest BCUT2D eigenvalue weighted by atomic mass is 9.67. The Morgan fingerprint density at radius 3 is 2.17 bits per heavy atom. The fraction of sp³-hybridized carbons (Fsp3) is 0.625. The molecule has 2 rings (SSSR count). The average molecular weight is 248 g/mol. The van der Waals surface area contributed by atoms with Crippen molar-refractivity contribution in [1.29, 1.82) is 0 Å². The number of hydrogen-bond acceptors (Lipinski definition) is 2. The minimum absolute atomic E-state index is 0.0407. The van der Waals surface area contributed by atoms with Crippen LogP contribution in [0.2, 0.25) is 0 Å². The summed E-state index contributed by atoms with van der Waals surface area (Å²) in [6, 6.07) is 8.86. The van der Waals surface area contributed by atoms with Gasteiger partial charge in [0, 0.05) is 12.0 Å². The highest BCUT2D eigenvalue weighted by Gasteiger charge is 2.45. The molecule has 1 aromatic carbocycles. The molecule has 1 N–H and O–H groups in total. The molecule has 2 heteroatoms.